The second-order valence-electron chi connectivity index (χ2n) is 21.3. The van der Waals surface area contributed by atoms with E-state index in [-0.39, 0.29) is 59.5 Å². The van der Waals surface area contributed by atoms with E-state index in [0.717, 1.165) is 38.7 Å². The Balaban J connectivity index is 0.000000167. The molecule has 0 radical (unpaired) electrons. The van der Waals surface area contributed by atoms with E-state index in [4.69, 9.17) is 13.7 Å². The Kier molecular flexibility index (Phi) is 17.3. The van der Waals surface area contributed by atoms with Gasteiger partial charge in [0.2, 0.25) is 23.6 Å². The molecule has 74 heavy (non-hydrogen) atoms. The highest BCUT2D eigenvalue weighted by molar-refractivity contribution is 14.1. The molecule has 3 aromatic carbocycles. The maximum atomic E-state index is 12.8. The molecule has 6 aliphatic rings. The number of aryl methyl sites for hydroxylation is 1. The molecule has 2 N–H and O–H groups in total. The zero-order chi connectivity index (χ0) is 53.9. The number of carbonyl (C=O) groups excluding carboxylic acids is 8. The third-order valence-corrected chi connectivity index (χ3v) is 15.4. The molecule has 0 aromatic heterocycles. The number of ether oxygens (including phenoxy) is 2. The predicted molar refractivity (Wildman–Crippen MR) is 278 cm³/mol. The fourth-order valence-corrected chi connectivity index (χ4v) is 11.2. The average molecular weight is 1150 g/mol. The summed E-state index contributed by atoms with van der Waals surface area (Å²) in [5.41, 5.74) is 4.24. The van der Waals surface area contributed by atoms with Crippen molar-refractivity contribution in [3.8, 4) is 0 Å². The molecule has 0 saturated carbocycles. The first-order valence-electron chi connectivity index (χ1n) is 24.9. The van der Waals surface area contributed by atoms with Crippen LogP contribution >= 0.6 is 22.6 Å². The van der Waals surface area contributed by atoms with Crippen LogP contribution in [0.4, 0.5) is 9.59 Å². The lowest BCUT2D eigenvalue weighted by atomic mass is 9.88. The van der Waals surface area contributed by atoms with Crippen LogP contribution in [-0.4, -0.2) is 131 Å². The lowest BCUT2D eigenvalue weighted by molar-refractivity contribution is -0.138. The Morgan fingerprint density at radius 1 is 0.608 bits per heavy atom. The zero-order valence-corrected chi connectivity index (χ0v) is 45.8. The number of hydrogen-bond donors (Lipinski definition) is 2. The number of amides is 8. The van der Waals surface area contributed by atoms with Gasteiger partial charge in [-0.05, 0) is 169 Å². The van der Waals surface area contributed by atoms with Gasteiger partial charge in [0.1, 0.15) is 23.3 Å². The number of imide groups is 2. The van der Waals surface area contributed by atoms with Crippen LogP contribution in [0.5, 0.6) is 0 Å². The van der Waals surface area contributed by atoms with E-state index < -0.39 is 45.4 Å². The maximum Gasteiger partial charge on any atom is 0.410 e. The van der Waals surface area contributed by atoms with Crippen molar-refractivity contribution >= 4 is 80.3 Å². The first kappa shape index (κ1) is 55.8. The number of piperidine rings is 4. The van der Waals surface area contributed by atoms with Crippen LogP contribution in [-0.2, 0) is 56.0 Å². The van der Waals surface area contributed by atoms with Crippen LogP contribution in [0, 0.1) is 10.5 Å². The summed E-state index contributed by atoms with van der Waals surface area (Å²) in [4.78, 5) is 103. The van der Waals surface area contributed by atoms with Crippen LogP contribution in [0.25, 0.3) is 0 Å². The van der Waals surface area contributed by atoms with Gasteiger partial charge in [-0.15, -0.1) is 0 Å². The molecule has 21 heteroatoms. The van der Waals surface area contributed by atoms with E-state index >= 15 is 0 Å². The highest BCUT2D eigenvalue weighted by Crippen LogP contribution is 2.35. The Labute approximate surface area is 445 Å². The predicted octanol–water partition coefficient (Wildman–Crippen LogP) is 6.71. The second kappa shape index (κ2) is 22.9. The summed E-state index contributed by atoms with van der Waals surface area (Å²) in [5, 5.41) is 4.62. The summed E-state index contributed by atoms with van der Waals surface area (Å²) >= 11 is 2.19. The summed E-state index contributed by atoms with van der Waals surface area (Å²) in [6, 6.07) is 17.0. The van der Waals surface area contributed by atoms with Crippen molar-refractivity contribution in [1.82, 2.24) is 30.2 Å². The summed E-state index contributed by atoms with van der Waals surface area (Å²) in [7, 11) is -3.78. The Hall–Kier alpha value is -5.94. The van der Waals surface area contributed by atoms with Crippen molar-refractivity contribution in [3.63, 3.8) is 0 Å². The van der Waals surface area contributed by atoms with Crippen molar-refractivity contribution in [3.05, 3.63) is 97.6 Å². The summed E-state index contributed by atoms with van der Waals surface area (Å²) in [5.74, 6) is -1.29. The van der Waals surface area contributed by atoms with Gasteiger partial charge in [-0.2, -0.15) is 8.42 Å². The minimum absolute atomic E-state index is 0.124. The zero-order valence-electron chi connectivity index (χ0n) is 42.9. The molecule has 6 aliphatic heterocycles. The van der Waals surface area contributed by atoms with Gasteiger partial charge in [0.15, 0.2) is 0 Å². The van der Waals surface area contributed by atoms with Crippen LogP contribution < -0.4 is 10.6 Å². The molecular formula is C53H65IN6O13S. The molecule has 0 aliphatic carbocycles. The highest BCUT2D eigenvalue weighted by Gasteiger charge is 2.41. The van der Waals surface area contributed by atoms with Crippen molar-refractivity contribution in [1.29, 1.82) is 0 Å². The van der Waals surface area contributed by atoms with Gasteiger partial charge in [-0.1, -0.05) is 29.8 Å². The van der Waals surface area contributed by atoms with Crippen molar-refractivity contribution in [2.75, 3.05) is 26.2 Å². The molecule has 2 unspecified atom stereocenters. The molecule has 4 saturated heterocycles. The standard InChI is InChI=1S/C23H29N3O5.C17H25NO5S.C13H11IN2O3/c1-23(2,3)31-22(30)25-10-8-14(9-11-25)15-4-5-17-16(12-15)13-26(21(17)29)18-6-7-19(27)24-20(18)28;1-13-5-7-15(8-6-13)24(20,21)23-14-9-11-18(12-10-14)16(19)22-17(2,3)4;14-8-1-2-9-7(5-8)6-16(13(9)19)10-3-4-11(17)15-12(10)18/h4-5,12,14,18H,6-11,13H2,1-3H3,(H,24,27,28);5-8,14H,9-12H2,1-4H3;1-2,5,10H,3-4,6H2,(H,15,17,18). The molecule has 2 atom stereocenters. The first-order valence-corrected chi connectivity index (χ1v) is 27.4. The maximum absolute atomic E-state index is 12.8. The van der Waals surface area contributed by atoms with Crippen LogP contribution in [0.1, 0.15) is 142 Å². The first-order chi connectivity index (χ1) is 34.7. The van der Waals surface area contributed by atoms with E-state index in [1.54, 1.807) is 49.9 Å². The van der Waals surface area contributed by atoms with Gasteiger partial charge < -0.3 is 29.1 Å². The van der Waals surface area contributed by atoms with Crippen molar-refractivity contribution < 1.29 is 60.4 Å². The van der Waals surface area contributed by atoms with Gasteiger partial charge in [0.05, 0.1) is 11.0 Å². The summed E-state index contributed by atoms with van der Waals surface area (Å²) in [6.45, 7) is 15.9. The lowest BCUT2D eigenvalue weighted by Gasteiger charge is -2.33. The lowest BCUT2D eigenvalue weighted by Crippen LogP contribution is -2.52. The van der Waals surface area contributed by atoms with E-state index in [1.807, 2.05) is 72.7 Å². The van der Waals surface area contributed by atoms with E-state index in [9.17, 15) is 46.8 Å². The van der Waals surface area contributed by atoms with Crippen molar-refractivity contribution in [2.45, 2.75) is 153 Å². The van der Waals surface area contributed by atoms with Gasteiger partial charge in [0, 0.05) is 66.8 Å². The number of rotatable bonds is 6. The number of carbonyl (C=O) groups is 8. The topological polar surface area (TPSA) is 235 Å². The SMILES string of the molecule is CC(C)(C)OC(=O)N1CCC(c2ccc3c(c2)CN(C2CCC(=O)NC2=O)C3=O)CC1.Cc1ccc(S(=O)(=O)OC2CCN(C(=O)OC(C)(C)C)CC2)cc1.O=C1CCC(N2Cc3cc(I)ccc3C2=O)C(=O)N1. The van der Waals surface area contributed by atoms with E-state index in [0.29, 0.717) is 82.0 Å². The monoisotopic (exact) mass is 1150 g/mol. The third kappa shape index (κ3) is 14.1. The largest absolute Gasteiger partial charge is 0.444 e. The smallest absolute Gasteiger partial charge is 0.410 e. The second-order valence-corrected chi connectivity index (χ2v) is 24.1. The number of hydrogen-bond acceptors (Lipinski definition) is 13. The van der Waals surface area contributed by atoms with E-state index in [2.05, 4.69) is 39.3 Å². The summed E-state index contributed by atoms with van der Waals surface area (Å²) in [6.07, 6.45) is 2.83. The molecule has 0 spiro atoms. The number of likely N-dealkylation sites (tertiary alicyclic amines) is 2. The average Bonchev–Trinajstić information content (AvgIpc) is 3.82. The molecule has 0 bridgehead atoms. The van der Waals surface area contributed by atoms with Crippen molar-refractivity contribution in [2.24, 2.45) is 0 Å². The molecule has 4 fully saturated rings. The quantitative estimate of drug-likeness (QED) is 0.149. The number of nitrogens with zero attached hydrogens (tertiary/aromatic N) is 4. The Morgan fingerprint density at radius 2 is 1.05 bits per heavy atom. The van der Waals surface area contributed by atoms with Crippen LogP contribution in [0.15, 0.2) is 65.6 Å². The Morgan fingerprint density at radius 3 is 1.51 bits per heavy atom. The Bertz CT molecular complexity index is 2790. The van der Waals surface area contributed by atoms with Gasteiger partial charge in [-0.25, -0.2) is 9.59 Å². The molecule has 6 heterocycles. The van der Waals surface area contributed by atoms with Gasteiger partial charge in [-0.3, -0.25) is 43.6 Å². The van der Waals surface area contributed by atoms with Gasteiger partial charge in [0.25, 0.3) is 21.9 Å². The molecule has 398 valence electrons. The summed E-state index contributed by atoms with van der Waals surface area (Å²) < 4.78 is 41.8. The van der Waals surface area contributed by atoms with Crippen LogP contribution in [0.2, 0.25) is 0 Å². The fourth-order valence-electron chi connectivity index (χ4n) is 9.51. The third-order valence-electron chi connectivity index (χ3n) is 13.3. The van der Waals surface area contributed by atoms with Gasteiger partial charge >= 0.3 is 12.2 Å². The number of halogens is 1. The molecule has 19 nitrogen and oxygen atoms in total. The molecule has 8 amide bonds. The normalized spacial score (nSPS) is 20.6. The number of fused-ring (bicyclic) bond motifs is 2. The minimum atomic E-state index is -3.78. The minimum Gasteiger partial charge on any atom is -0.444 e. The molecular weight excluding hydrogens is 1090 g/mol. The molecule has 3 aromatic rings. The van der Waals surface area contributed by atoms with Crippen LogP contribution in [0.3, 0.4) is 0 Å². The highest BCUT2D eigenvalue weighted by atomic mass is 127. The molecule has 9 rings (SSSR count). The number of benzene rings is 3. The fraction of sp³-hybridized carbons (Fsp3) is 0.509. The number of nitrogens with one attached hydrogen (secondary N) is 2. The van der Waals surface area contributed by atoms with E-state index in [1.165, 1.54) is 0 Å².